The van der Waals surface area contributed by atoms with Gasteiger partial charge in [-0.3, -0.25) is 0 Å². The molecule has 0 spiro atoms. The summed E-state index contributed by atoms with van der Waals surface area (Å²) in [5.74, 6) is 0. The van der Waals surface area contributed by atoms with E-state index < -0.39 is 8.56 Å². The molecule has 2 aromatic rings. The van der Waals surface area contributed by atoms with Crippen LogP contribution in [0.15, 0.2) is 42.5 Å². The number of nitrogens with zero attached hydrogens (tertiary/aromatic N) is 2. The molecule has 0 heterocycles. The van der Waals surface area contributed by atoms with E-state index in [4.69, 9.17) is 19.4 Å². The van der Waals surface area contributed by atoms with Crippen LogP contribution in [0.2, 0.25) is 6.55 Å². The van der Waals surface area contributed by atoms with Crippen molar-refractivity contribution in [2.45, 2.75) is 6.55 Å². The van der Waals surface area contributed by atoms with Gasteiger partial charge < -0.3 is 8.85 Å². The predicted octanol–water partition coefficient (Wildman–Crippen LogP) is 2.67. The van der Waals surface area contributed by atoms with Crippen LogP contribution in [-0.4, -0.2) is 22.8 Å². The van der Waals surface area contributed by atoms with Gasteiger partial charge in [0.25, 0.3) is 0 Å². The lowest BCUT2D eigenvalue weighted by molar-refractivity contribution is 0.265. The molecule has 0 radical (unpaired) electrons. The van der Waals surface area contributed by atoms with Crippen molar-refractivity contribution in [1.29, 1.82) is 10.5 Å². The fourth-order valence-corrected chi connectivity index (χ4v) is 4.07. The van der Waals surface area contributed by atoms with Crippen molar-refractivity contribution in [1.82, 2.24) is 0 Å². The zero-order chi connectivity index (χ0) is 16.2. The van der Waals surface area contributed by atoms with Crippen molar-refractivity contribution < 1.29 is 8.85 Å². The predicted molar refractivity (Wildman–Crippen MR) is 86.6 cm³/mol. The molecule has 0 aliphatic carbocycles. The fourth-order valence-electron chi connectivity index (χ4n) is 2.35. The van der Waals surface area contributed by atoms with Gasteiger partial charge in [0.1, 0.15) is 0 Å². The van der Waals surface area contributed by atoms with Gasteiger partial charge in [0, 0.05) is 19.4 Å². The van der Waals surface area contributed by atoms with Gasteiger partial charge in [0.15, 0.2) is 0 Å². The Morgan fingerprint density at radius 2 is 1.45 bits per heavy atom. The molecule has 22 heavy (non-hydrogen) atoms. The highest BCUT2D eigenvalue weighted by Gasteiger charge is 2.34. The van der Waals surface area contributed by atoms with Crippen molar-refractivity contribution in [2.75, 3.05) is 14.2 Å². The first-order chi connectivity index (χ1) is 10.6. The van der Waals surface area contributed by atoms with Gasteiger partial charge in [-0.2, -0.15) is 10.5 Å². The highest BCUT2D eigenvalue weighted by atomic mass is 28.4. The maximum absolute atomic E-state index is 9.15. The highest BCUT2D eigenvalue weighted by molar-refractivity contribution is 6.81. The van der Waals surface area contributed by atoms with Crippen LogP contribution >= 0.6 is 0 Å². The third kappa shape index (κ3) is 2.93. The van der Waals surface area contributed by atoms with Crippen LogP contribution in [-0.2, 0) is 8.85 Å². The van der Waals surface area contributed by atoms with Crippen LogP contribution < -0.4 is 5.19 Å². The molecule has 0 saturated heterocycles. The third-order valence-electron chi connectivity index (χ3n) is 3.70. The molecular weight excluding hydrogens is 292 g/mol. The Balaban J connectivity index is 2.70. The quantitative estimate of drug-likeness (QED) is 0.814. The Kier molecular flexibility index (Phi) is 4.74. The molecule has 2 rings (SSSR count). The van der Waals surface area contributed by atoms with Crippen LogP contribution in [0.3, 0.4) is 0 Å². The number of hydrogen-bond donors (Lipinski definition) is 0. The standard InChI is InChI=1S/C17H16N2O2Si/c1-20-22(3,21-2)17-7-5-4-6-16(17)15-9-13(11-18)8-14(10-15)12-19/h4-10H,1-3H3. The first-order valence-electron chi connectivity index (χ1n) is 6.73. The van der Waals surface area contributed by atoms with E-state index in [2.05, 4.69) is 12.1 Å². The van der Waals surface area contributed by atoms with Crippen LogP contribution in [0.4, 0.5) is 0 Å². The Morgan fingerprint density at radius 3 is 1.95 bits per heavy atom. The number of nitriles is 2. The van der Waals surface area contributed by atoms with Gasteiger partial charge in [-0.05, 0) is 35.9 Å². The normalized spacial score (nSPS) is 10.8. The Bertz CT molecular complexity index is 739. The molecule has 110 valence electrons. The molecule has 0 bridgehead atoms. The zero-order valence-electron chi connectivity index (χ0n) is 12.8. The van der Waals surface area contributed by atoms with Crippen LogP contribution in [0, 0.1) is 22.7 Å². The summed E-state index contributed by atoms with van der Waals surface area (Å²) in [5, 5.41) is 19.3. The maximum Gasteiger partial charge on any atom is 0.369 e. The molecule has 0 N–H and O–H groups in total. The van der Waals surface area contributed by atoms with E-state index in [1.165, 1.54) is 0 Å². The largest absolute Gasteiger partial charge is 0.394 e. The van der Waals surface area contributed by atoms with Crippen molar-refractivity contribution >= 4 is 13.7 Å². The summed E-state index contributed by atoms with van der Waals surface area (Å²) < 4.78 is 11.3. The second kappa shape index (κ2) is 6.55. The highest BCUT2D eigenvalue weighted by Crippen LogP contribution is 2.23. The van der Waals surface area contributed by atoms with Gasteiger partial charge in [-0.25, -0.2) is 0 Å². The summed E-state index contributed by atoms with van der Waals surface area (Å²) >= 11 is 0. The summed E-state index contributed by atoms with van der Waals surface area (Å²) in [5.41, 5.74) is 2.66. The molecule has 0 aromatic heterocycles. The minimum absolute atomic E-state index is 0.460. The number of benzene rings is 2. The zero-order valence-corrected chi connectivity index (χ0v) is 13.8. The second-order valence-electron chi connectivity index (χ2n) is 4.92. The average molecular weight is 308 g/mol. The summed E-state index contributed by atoms with van der Waals surface area (Å²) in [6, 6.07) is 17.1. The molecule has 0 saturated carbocycles. The van der Waals surface area contributed by atoms with Gasteiger partial charge in [0.05, 0.1) is 23.3 Å². The third-order valence-corrected chi connectivity index (χ3v) is 6.67. The molecule has 0 unspecified atom stereocenters. The average Bonchev–Trinajstić information content (AvgIpc) is 2.60. The molecule has 0 aliphatic heterocycles. The van der Waals surface area contributed by atoms with Gasteiger partial charge >= 0.3 is 8.56 Å². The van der Waals surface area contributed by atoms with Gasteiger partial charge in [0.2, 0.25) is 0 Å². The lowest BCUT2D eigenvalue weighted by Gasteiger charge is -2.25. The van der Waals surface area contributed by atoms with Crippen molar-refractivity contribution in [3.63, 3.8) is 0 Å². The molecular formula is C17H16N2O2Si. The molecule has 0 atom stereocenters. The van der Waals surface area contributed by atoms with Crippen LogP contribution in [0.5, 0.6) is 0 Å². The van der Waals surface area contributed by atoms with E-state index in [1.54, 1.807) is 32.4 Å². The topological polar surface area (TPSA) is 66.0 Å². The summed E-state index contributed by atoms with van der Waals surface area (Å²) in [6.07, 6.45) is 0. The Morgan fingerprint density at radius 1 is 0.909 bits per heavy atom. The van der Waals surface area contributed by atoms with Crippen molar-refractivity contribution in [3.05, 3.63) is 53.6 Å². The Hall–Kier alpha value is -2.44. The van der Waals surface area contributed by atoms with Crippen molar-refractivity contribution in [2.24, 2.45) is 0 Å². The Labute approximate surface area is 131 Å². The maximum atomic E-state index is 9.15. The van der Waals surface area contributed by atoms with E-state index in [0.717, 1.165) is 16.3 Å². The first kappa shape index (κ1) is 15.9. The fraction of sp³-hybridized carbons (Fsp3) is 0.176. The summed E-state index contributed by atoms with van der Waals surface area (Å²) in [6.45, 7) is 1.96. The monoisotopic (exact) mass is 308 g/mol. The smallest absolute Gasteiger partial charge is 0.369 e. The van der Waals surface area contributed by atoms with Crippen LogP contribution in [0.25, 0.3) is 11.1 Å². The van der Waals surface area contributed by atoms with Gasteiger partial charge in [-0.1, -0.05) is 24.3 Å². The molecule has 0 aliphatic rings. The lowest BCUT2D eigenvalue weighted by atomic mass is 10.0. The molecule has 4 nitrogen and oxygen atoms in total. The van der Waals surface area contributed by atoms with Crippen molar-refractivity contribution in [3.8, 4) is 23.3 Å². The molecule has 5 heteroatoms. The minimum Gasteiger partial charge on any atom is -0.394 e. The van der Waals surface area contributed by atoms with E-state index in [1.807, 2.05) is 30.8 Å². The lowest BCUT2D eigenvalue weighted by Crippen LogP contribution is -2.50. The summed E-state index contributed by atoms with van der Waals surface area (Å²) in [4.78, 5) is 0. The molecule has 2 aromatic carbocycles. The molecule has 0 fully saturated rings. The van der Waals surface area contributed by atoms with E-state index >= 15 is 0 Å². The number of hydrogen-bond acceptors (Lipinski definition) is 4. The molecule has 0 amide bonds. The first-order valence-corrected chi connectivity index (χ1v) is 9.05. The SMILES string of the molecule is CO[Si](C)(OC)c1ccccc1-c1cc(C#N)cc(C#N)c1. The minimum atomic E-state index is -2.52. The van der Waals surface area contributed by atoms with E-state index in [0.29, 0.717) is 11.1 Å². The summed E-state index contributed by atoms with van der Waals surface area (Å²) in [7, 11) is 0.754. The van der Waals surface area contributed by atoms with Crippen LogP contribution in [0.1, 0.15) is 11.1 Å². The second-order valence-corrected chi connectivity index (χ2v) is 8.17. The van der Waals surface area contributed by atoms with E-state index in [9.17, 15) is 0 Å². The number of rotatable bonds is 4. The van der Waals surface area contributed by atoms with Gasteiger partial charge in [-0.15, -0.1) is 0 Å². The van der Waals surface area contributed by atoms with E-state index in [-0.39, 0.29) is 0 Å².